The first-order valence-electron chi connectivity index (χ1n) is 11.7. The normalized spacial score (nSPS) is 14.6. The number of pyridine rings is 1. The number of fused-ring (bicyclic) bond motifs is 1. The molecule has 4 aromatic rings. The maximum absolute atomic E-state index is 12.4. The van der Waals surface area contributed by atoms with Crippen LogP contribution in [0.5, 0.6) is 5.75 Å². The molecular weight excluding hydrogens is 426 g/mol. The molecule has 6 nitrogen and oxygen atoms in total. The Kier molecular flexibility index (Phi) is 6.58. The van der Waals surface area contributed by atoms with E-state index in [1.54, 1.807) is 12.1 Å². The lowest BCUT2D eigenvalue weighted by Crippen LogP contribution is -2.41. The van der Waals surface area contributed by atoms with E-state index < -0.39 is 0 Å². The molecule has 0 atom stereocenters. The maximum Gasteiger partial charge on any atom is 0.289 e. The predicted molar refractivity (Wildman–Crippen MR) is 132 cm³/mol. The zero-order valence-electron chi connectivity index (χ0n) is 19.4. The van der Waals surface area contributed by atoms with Crippen molar-refractivity contribution in [3.05, 3.63) is 96.1 Å². The van der Waals surface area contributed by atoms with Crippen molar-refractivity contribution in [2.75, 3.05) is 20.1 Å². The fourth-order valence-corrected chi connectivity index (χ4v) is 4.50. The predicted octanol–water partition coefficient (Wildman–Crippen LogP) is 5.14. The number of furan rings is 1. The van der Waals surface area contributed by atoms with Gasteiger partial charge in [-0.15, -0.1) is 0 Å². The van der Waals surface area contributed by atoms with Gasteiger partial charge in [-0.3, -0.25) is 14.7 Å². The smallest absolute Gasteiger partial charge is 0.289 e. The molecule has 0 aliphatic carbocycles. The maximum atomic E-state index is 12.4. The van der Waals surface area contributed by atoms with Crippen molar-refractivity contribution in [3.63, 3.8) is 0 Å². The molecule has 1 aliphatic heterocycles. The van der Waals surface area contributed by atoms with Crippen molar-refractivity contribution < 1.29 is 13.9 Å². The number of aromatic nitrogens is 1. The zero-order chi connectivity index (χ0) is 23.3. The number of carbonyl (C=O) groups excluding carboxylic acids is 1. The number of ether oxygens (including phenoxy) is 1. The van der Waals surface area contributed by atoms with Gasteiger partial charge in [-0.25, -0.2) is 0 Å². The number of nitrogens with zero attached hydrogens (tertiary/aromatic N) is 3. The average Bonchev–Trinajstić information content (AvgIpc) is 3.40. The third kappa shape index (κ3) is 5.29. The van der Waals surface area contributed by atoms with E-state index in [-0.39, 0.29) is 12.0 Å². The summed E-state index contributed by atoms with van der Waals surface area (Å²) in [6, 6.07) is 22.3. The van der Waals surface area contributed by atoms with Crippen molar-refractivity contribution in [3.8, 4) is 5.75 Å². The molecule has 2 aromatic carbocycles. The van der Waals surface area contributed by atoms with Crippen molar-refractivity contribution >= 4 is 16.8 Å². The topological polar surface area (TPSA) is 58.8 Å². The van der Waals surface area contributed by atoms with Crippen LogP contribution in [0.2, 0.25) is 0 Å². The van der Waals surface area contributed by atoms with Crippen molar-refractivity contribution in [2.45, 2.75) is 32.0 Å². The van der Waals surface area contributed by atoms with Crippen molar-refractivity contribution in [1.29, 1.82) is 0 Å². The summed E-state index contributed by atoms with van der Waals surface area (Å²) in [4.78, 5) is 20.9. The molecule has 0 N–H and O–H groups in total. The van der Waals surface area contributed by atoms with Crippen LogP contribution in [0, 0.1) is 0 Å². The molecule has 1 fully saturated rings. The quantitative estimate of drug-likeness (QED) is 0.386. The Labute approximate surface area is 199 Å². The molecule has 1 aliphatic rings. The molecule has 3 heterocycles. The SMILES string of the molecule is CN(Cc1ccc(OC2CCN(C(=O)c3ccco3)CC2)cc1)Cc1ccc2ncccc2c1. The first-order chi connectivity index (χ1) is 16.6. The van der Waals surface area contributed by atoms with Gasteiger partial charge in [0.2, 0.25) is 0 Å². The lowest BCUT2D eigenvalue weighted by molar-refractivity contribution is 0.0566. The van der Waals surface area contributed by atoms with E-state index in [2.05, 4.69) is 53.3 Å². The monoisotopic (exact) mass is 455 g/mol. The highest BCUT2D eigenvalue weighted by atomic mass is 16.5. The molecule has 174 valence electrons. The minimum atomic E-state index is -0.0442. The summed E-state index contributed by atoms with van der Waals surface area (Å²) in [6.07, 6.45) is 5.12. The summed E-state index contributed by atoms with van der Waals surface area (Å²) in [6.45, 7) is 3.09. The number of amides is 1. The molecule has 0 spiro atoms. The van der Waals surface area contributed by atoms with Gasteiger partial charge < -0.3 is 14.1 Å². The second-order valence-corrected chi connectivity index (χ2v) is 8.93. The number of likely N-dealkylation sites (tertiary alicyclic amines) is 1. The van der Waals surface area contributed by atoms with Gasteiger partial charge in [0, 0.05) is 50.6 Å². The van der Waals surface area contributed by atoms with E-state index in [0.29, 0.717) is 18.8 Å². The van der Waals surface area contributed by atoms with E-state index in [9.17, 15) is 4.79 Å². The summed E-state index contributed by atoms with van der Waals surface area (Å²) in [5.41, 5.74) is 3.55. The second-order valence-electron chi connectivity index (χ2n) is 8.93. The molecule has 0 bridgehead atoms. The van der Waals surface area contributed by atoms with Crippen LogP contribution in [0.1, 0.15) is 34.5 Å². The fourth-order valence-electron chi connectivity index (χ4n) is 4.50. The van der Waals surface area contributed by atoms with Crippen molar-refractivity contribution in [1.82, 2.24) is 14.8 Å². The molecule has 2 aromatic heterocycles. The lowest BCUT2D eigenvalue weighted by atomic mass is 10.1. The number of piperidine rings is 1. The van der Waals surface area contributed by atoms with E-state index in [0.717, 1.165) is 37.2 Å². The highest BCUT2D eigenvalue weighted by Crippen LogP contribution is 2.22. The highest BCUT2D eigenvalue weighted by Gasteiger charge is 2.25. The van der Waals surface area contributed by atoms with E-state index in [1.165, 1.54) is 22.8 Å². The molecule has 0 radical (unpaired) electrons. The molecule has 34 heavy (non-hydrogen) atoms. The fraction of sp³-hybridized carbons (Fsp3) is 0.286. The summed E-state index contributed by atoms with van der Waals surface area (Å²) >= 11 is 0. The molecule has 0 unspecified atom stereocenters. The molecule has 0 saturated carbocycles. The number of benzene rings is 2. The van der Waals surface area contributed by atoms with Crippen LogP contribution in [0.4, 0.5) is 0 Å². The highest BCUT2D eigenvalue weighted by molar-refractivity contribution is 5.91. The lowest BCUT2D eigenvalue weighted by Gasteiger charge is -2.31. The number of carbonyl (C=O) groups is 1. The van der Waals surface area contributed by atoms with Gasteiger partial charge in [-0.1, -0.05) is 24.3 Å². The Morgan fingerprint density at radius 3 is 2.56 bits per heavy atom. The summed E-state index contributed by atoms with van der Waals surface area (Å²) in [7, 11) is 2.13. The van der Waals surface area contributed by atoms with Crippen molar-refractivity contribution in [2.24, 2.45) is 0 Å². The Bertz CT molecular complexity index is 1230. The van der Waals surface area contributed by atoms with Gasteiger partial charge in [0.05, 0.1) is 11.8 Å². The Morgan fingerprint density at radius 1 is 1.03 bits per heavy atom. The summed E-state index contributed by atoms with van der Waals surface area (Å²) < 4.78 is 11.4. The number of hydrogen-bond acceptors (Lipinski definition) is 5. The first-order valence-corrected chi connectivity index (χ1v) is 11.7. The van der Waals surface area contributed by atoms with Gasteiger partial charge in [-0.05, 0) is 60.6 Å². The molecule has 6 heteroatoms. The second kappa shape index (κ2) is 10.1. The third-order valence-electron chi connectivity index (χ3n) is 6.26. The summed E-state index contributed by atoms with van der Waals surface area (Å²) in [5, 5.41) is 1.17. The van der Waals surface area contributed by atoms with E-state index in [1.807, 2.05) is 29.3 Å². The number of hydrogen-bond donors (Lipinski definition) is 0. The largest absolute Gasteiger partial charge is 0.490 e. The molecule has 1 amide bonds. The van der Waals surface area contributed by atoms with Gasteiger partial charge in [0.15, 0.2) is 5.76 Å². The van der Waals surface area contributed by atoms with Gasteiger partial charge in [0.25, 0.3) is 5.91 Å². The zero-order valence-corrected chi connectivity index (χ0v) is 19.4. The molecular formula is C28H29N3O3. The van der Waals surface area contributed by atoms with Crippen LogP contribution in [0.3, 0.4) is 0 Å². The van der Waals surface area contributed by atoms with Crippen LogP contribution < -0.4 is 4.74 Å². The average molecular weight is 456 g/mol. The molecule has 5 rings (SSSR count). The standard InChI is InChI=1S/C28H29N3O3/c1-30(20-22-8-11-26-23(18-22)4-2-14-29-26)19-21-6-9-24(10-7-21)34-25-12-15-31(16-13-25)28(32)27-5-3-17-33-27/h2-11,14,17-18,25H,12-13,15-16,19-20H2,1H3. The van der Waals surface area contributed by atoms with Crippen LogP contribution in [-0.2, 0) is 13.1 Å². The van der Waals surface area contributed by atoms with Crippen LogP contribution in [0.25, 0.3) is 10.9 Å². The first kappa shape index (κ1) is 22.2. The Morgan fingerprint density at radius 2 is 1.79 bits per heavy atom. The minimum absolute atomic E-state index is 0.0442. The molecule has 1 saturated heterocycles. The van der Waals surface area contributed by atoms with Gasteiger partial charge in [-0.2, -0.15) is 0 Å². The Hall–Kier alpha value is -3.64. The number of rotatable bonds is 7. The van der Waals surface area contributed by atoms with E-state index >= 15 is 0 Å². The van der Waals surface area contributed by atoms with Gasteiger partial charge >= 0.3 is 0 Å². The van der Waals surface area contributed by atoms with Crippen LogP contribution >= 0.6 is 0 Å². The van der Waals surface area contributed by atoms with Gasteiger partial charge in [0.1, 0.15) is 11.9 Å². The summed E-state index contributed by atoms with van der Waals surface area (Å²) in [5.74, 6) is 1.24. The van der Waals surface area contributed by atoms with E-state index in [4.69, 9.17) is 9.15 Å². The van der Waals surface area contributed by atoms with Crippen LogP contribution in [-0.4, -0.2) is 46.9 Å². The Balaban J connectivity index is 1.10. The van der Waals surface area contributed by atoms with Crippen LogP contribution in [0.15, 0.2) is 83.6 Å². The third-order valence-corrected chi connectivity index (χ3v) is 6.26. The minimum Gasteiger partial charge on any atom is -0.490 e.